The Labute approximate surface area is 375 Å². The molecule has 1 saturated heterocycles. The molecule has 0 saturated carbocycles. The monoisotopic (exact) mass is 942 g/mol. The number of ether oxygens (including phenoxy) is 3. The highest BCUT2D eigenvalue weighted by Gasteiger charge is 2.35. The summed E-state index contributed by atoms with van der Waals surface area (Å²) in [4.78, 5) is 53.0. The maximum absolute atomic E-state index is 12.7. The molecule has 0 aromatic carbocycles. The fourth-order valence-corrected chi connectivity index (χ4v) is 7.83. The maximum atomic E-state index is 12.7. The van der Waals surface area contributed by atoms with Crippen LogP contribution in [-0.2, 0) is 46.5 Å². The molecule has 1 aliphatic heterocycles. The van der Waals surface area contributed by atoms with Gasteiger partial charge in [0.2, 0.25) is 0 Å². The van der Waals surface area contributed by atoms with Crippen molar-refractivity contribution in [1.82, 2.24) is 0 Å². The predicted molar refractivity (Wildman–Crippen MR) is 238 cm³/mol. The van der Waals surface area contributed by atoms with Crippen LogP contribution in [0.2, 0.25) is 0 Å². The second-order valence-electron chi connectivity index (χ2n) is 16.2. The Bertz CT molecular complexity index is 1370. The zero-order valence-corrected chi connectivity index (χ0v) is 39.5. The summed E-state index contributed by atoms with van der Waals surface area (Å²) in [6.07, 6.45) is 24.6. The van der Waals surface area contributed by atoms with Crippen LogP contribution in [0.25, 0.3) is 0 Å². The summed E-state index contributed by atoms with van der Waals surface area (Å²) in [5, 5.41) is 40.7. The minimum atomic E-state index is -4.90. The first kappa shape index (κ1) is 59.2. The van der Waals surface area contributed by atoms with Crippen LogP contribution in [-0.4, -0.2) is 110 Å². The largest absolute Gasteiger partial charge is 0.472 e. The minimum absolute atomic E-state index is 0.000402. The van der Waals surface area contributed by atoms with Crippen LogP contribution < -0.4 is 0 Å². The molecule has 0 aromatic heterocycles. The fraction of sp³-hybridized carbons (Fsp3) is 0.818. The van der Waals surface area contributed by atoms with Gasteiger partial charge in [0.25, 0.3) is 0 Å². The molecule has 0 spiro atoms. The summed E-state index contributed by atoms with van der Waals surface area (Å²) in [5.74, 6) is -1.59. The smallest absolute Gasteiger partial charge is 0.462 e. The summed E-state index contributed by atoms with van der Waals surface area (Å²) in [6.45, 7) is 1.34. The molecular weight excluding hydrogens is 862 g/mol. The topological polar surface area (TPSA) is 265 Å². The van der Waals surface area contributed by atoms with Crippen molar-refractivity contribution < 1.29 is 81.6 Å². The number of unbranched alkanes of at least 4 members (excludes halogenated alkanes) is 14. The lowest BCUT2D eigenvalue weighted by Crippen LogP contribution is -2.43. The summed E-state index contributed by atoms with van der Waals surface area (Å²) >= 11 is 0. The van der Waals surface area contributed by atoms with Gasteiger partial charge in [-0.15, -0.1) is 0 Å². The maximum Gasteiger partial charge on any atom is 0.472 e. The van der Waals surface area contributed by atoms with E-state index >= 15 is 0 Å². The molecule has 0 amide bonds. The van der Waals surface area contributed by atoms with E-state index in [1.807, 2.05) is 12.2 Å². The van der Waals surface area contributed by atoms with Gasteiger partial charge in [0, 0.05) is 25.2 Å². The number of phosphoric ester groups is 2. The number of phosphoric acid groups is 2. The Hall–Kier alpha value is -1.82. The summed E-state index contributed by atoms with van der Waals surface area (Å²) in [5.41, 5.74) is 0. The van der Waals surface area contributed by atoms with E-state index in [9.17, 15) is 44.0 Å². The number of carbonyl (C=O) groups is 2. The highest BCUT2D eigenvalue weighted by Crippen LogP contribution is 2.44. The summed E-state index contributed by atoms with van der Waals surface area (Å²) in [7, 11) is -9.78. The second-order valence-corrected chi connectivity index (χ2v) is 18.9. The van der Waals surface area contributed by atoms with Gasteiger partial charge in [-0.1, -0.05) is 121 Å². The molecule has 368 valence electrons. The molecule has 0 bridgehead atoms. The third-order valence-electron chi connectivity index (χ3n) is 10.3. The number of aliphatic hydroxyl groups is 4. The summed E-state index contributed by atoms with van der Waals surface area (Å²) < 4.78 is 53.5. The van der Waals surface area contributed by atoms with Crippen molar-refractivity contribution in [1.29, 1.82) is 0 Å². The average Bonchev–Trinajstić information content (AvgIpc) is 3.22. The lowest BCUT2D eigenvalue weighted by molar-refractivity contribution is -0.199. The molecule has 0 radical (unpaired) electrons. The lowest BCUT2D eigenvalue weighted by atomic mass is 9.87. The van der Waals surface area contributed by atoms with Crippen LogP contribution in [0.3, 0.4) is 0 Å². The van der Waals surface area contributed by atoms with E-state index in [-0.39, 0.29) is 25.2 Å². The van der Waals surface area contributed by atoms with Gasteiger partial charge in [-0.3, -0.25) is 23.2 Å². The van der Waals surface area contributed by atoms with Crippen molar-refractivity contribution in [2.24, 2.45) is 5.92 Å². The summed E-state index contributed by atoms with van der Waals surface area (Å²) in [6, 6.07) is 0. The normalized spacial score (nSPS) is 20.9. The average molecular weight is 943 g/mol. The van der Waals surface area contributed by atoms with E-state index in [0.717, 1.165) is 57.8 Å². The van der Waals surface area contributed by atoms with Crippen molar-refractivity contribution in [3.63, 3.8) is 0 Å². The second kappa shape index (κ2) is 36.3. The van der Waals surface area contributed by atoms with Crippen LogP contribution >= 0.6 is 15.6 Å². The lowest BCUT2D eigenvalue weighted by Gasteiger charge is -2.36. The quantitative estimate of drug-likeness (QED) is 0.0134. The Kier molecular flexibility index (Phi) is 34.1. The van der Waals surface area contributed by atoms with E-state index in [4.69, 9.17) is 28.5 Å². The van der Waals surface area contributed by atoms with Crippen LogP contribution in [0.5, 0.6) is 0 Å². The molecule has 0 aliphatic carbocycles. The van der Waals surface area contributed by atoms with Gasteiger partial charge in [0.1, 0.15) is 12.7 Å². The van der Waals surface area contributed by atoms with Gasteiger partial charge < -0.3 is 49.3 Å². The molecule has 19 heteroatoms. The van der Waals surface area contributed by atoms with Crippen LogP contribution in [0.15, 0.2) is 36.5 Å². The van der Waals surface area contributed by atoms with E-state index in [1.165, 1.54) is 38.5 Å². The number of aliphatic hydroxyl groups excluding tert-OH is 4. The third-order valence-corrected chi connectivity index (χ3v) is 11.7. The SMILES string of the molecule is CCCCCCCC/C=C\CCCCCCCC(=O)O[C@H](COC(=O)CCC/C=C\C[C@H]1[C@@H](O)CC(O)O[C@@H]1/C=C/[C@@H](O)CCCCC)COP(=O)(O)OC[C@@H](O)COP(=O)(O)O. The standard InChI is InChI=1S/C44H80O17P2/c1-3-5-7-8-9-10-11-12-13-14-15-16-17-18-24-28-43(49)60-38(35-59-63(54,55)58-33-37(46)32-57-62(51,52)53)34-56-42(48)27-23-20-19-22-26-39-40(47)31-44(50)61-41(39)30-29-36(45)25-21-6-4-2/h12-13,19,22,29-30,36-41,44-47,50H,3-11,14-18,20-21,23-28,31-35H2,1-2H3,(H,54,55)(H2,51,52,53)/b13-12-,22-19-,30-29+/t36-,37-,38+,39-,40-,41+,44?/m0/s1. The molecule has 2 unspecified atom stereocenters. The van der Waals surface area contributed by atoms with E-state index < -0.39 is 90.8 Å². The Morgan fingerprint density at radius 1 is 0.683 bits per heavy atom. The van der Waals surface area contributed by atoms with Gasteiger partial charge in [-0.2, -0.15) is 0 Å². The number of hydrogen-bond donors (Lipinski definition) is 7. The number of esters is 2. The molecule has 0 aromatic rings. The van der Waals surface area contributed by atoms with Crippen molar-refractivity contribution in [3.8, 4) is 0 Å². The zero-order chi connectivity index (χ0) is 46.8. The molecule has 1 fully saturated rings. The highest BCUT2D eigenvalue weighted by atomic mass is 31.2. The Balaban J connectivity index is 2.59. The van der Waals surface area contributed by atoms with Crippen molar-refractivity contribution >= 4 is 27.6 Å². The first-order valence-corrected chi connectivity index (χ1v) is 26.1. The molecular formula is C44H80O17P2. The Morgan fingerprint density at radius 2 is 1.24 bits per heavy atom. The van der Waals surface area contributed by atoms with Gasteiger partial charge in [0.15, 0.2) is 12.4 Å². The van der Waals surface area contributed by atoms with Gasteiger partial charge >= 0.3 is 27.6 Å². The minimum Gasteiger partial charge on any atom is -0.462 e. The van der Waals surface area contributed by atoms with Crippen molar-refractivity contribution in [2.75, 3.05) is 26.4 Å². The van der Waals surface area contributed by atoms with E-state index in [2.05, 4.69) is 35.0 Å². The van der Waals surface area contributed by atoms with Crippen molar-refractivity contribution in [3.05, 3.63) is 36.5 Å². The number of allylic oxidation sites excluding steroid dienone is 4. The third kappa shape index (κ3) is 34.2. The number of hydrogen-bond acceptors (Lipinski definition) is 14. The molecule has 1 heterocycles. The molecule has 8 atom stereocenters. The van der Waals surface area contributed by atoms with Crippen LogP contribution in [0.1, 0.15) is 162 Å². The fourth-order valence-electron chi connectivity index (χ4n) is 6.68. The molecule has 1 rings (SSSR count). The van der Waals surface area contributed by atoms with Crippen LogP contribution in [0, 0.1) is 5.92 Å². The van der Waals surface area contributed by atoms with E-state index in [0.29, 0.717) is 32.1 Å². The van der Waals surface area contributed by atoms with E-state index in [1.54, 1.807) is 12.2 Å². The molecule has 1 aliphatic rings. The number of rotatable bonds is 39. The zero-order valence-electron chi connectivity index (χ0n) is 37.7. The highest BCUT2D eigenvalue weighted by molar-refractivity contribution is 7.47. The van der Waals surface area contributed by atoms with Gasteiger partial charge in [-0.05, 0) is 57.8 Å². The predicted octanol–water partition coefficient (Wildman–Crippen LogP) is 7.78. The van der Waals surface area contributed by atoms with Gasteiger partial charge in [-0.25, -0.2) is 9.13 Å². The first-order chi connectivity index (χ1) is 30.0. The molecule has 17 nitrogen and oxygen atoms in total. The molecule has 7 N–H and O–H groups in total. The van der Waals surface area contributed by atoms with Gasteiger partial charge in [0.05, 0.1) is 38.1 Å². The van der Waals surface area contributed by atoms with Crippen LogP contribution in [0.4, 0.5) is 0 Å². The number of carbonyl (C=O) groups excluding carboxylic acids is 2. The first-order valence-electron chi connectivity index (χ1n) is 23.1. The molecule has 63 heavy (non-hydrogen) atoms. The van der Waals surface area contributed by atoms with Crippen molar-refractivity contribution in [2.45, 2.75) is 198 Å². The Morgan fingerprint density at radius 3 is 1.90 bits per heavy atom.